The maximum absolute atomic E-state index is 13.3. The van der Waals surface area contributed by atoms with Crippen molar-refractivity contribution in [1.82, 2.24) is 15.0 Å². The van der Waals surface area contributed by atoms with Crippen LogP contribution < -0.4 is 9.80 Å². The highest BCUT2D eigenvalue weighted by atomic mass is 16.5. The van der Waals surface area contributed by atoms with E-state index in [-0.39, 0.29) is 5.91 Å². The van der Waals surface area contributed by atoms with Crippen LogP contribution in [0.25, 0.3) is 0 Å². The van der Waals surface area contributed by atoms with Gasteiger partial charge >= 0.3 is 0 Å². The first-order chi connectivity index (χ1) is 13.8. The maximum Gasteiger partial charge on any atom is 0.278 e. The van der Waals surface area contributed by atoms with Gasteiger partial charge in [-0.15, -0.1) is 0 Å². The van der Waals surface area contributed by atoms with E-state index in [1.54, 1.807) is 17.2 Å². The fourth-order valence-electron chi connectivity index (χ4n) is 3.10. The smallest absolute Gasteiger partial charge is 0.278 e. The third-order valence-corrected chi connectivity index (χ3v) is 4.56. The first-order valence-corrected chi connectivity index (χ1v) is 9.23. The summed E-state index contributed by atoms with van der Waals surface area (Å²) in [4.78, 5) is 30.0. The summed E-state index contributed by atoms with van der Waals surface area (Å²) < 4.78 is 5.39. The second-order valence-electron chi connectivity index (χ2n) is 6.43. The summed E-state index contributed by atoms with van der Waals surface area (Å²) in [5.74, 6) is 1.12. The van der Waals surface area contributed by atoms with Crippen LogP contribution in [0.1, 0.15) is 16.1 Å². The second kappa shape index (κ2) is 8.58. The van der Waals surface area contributed by atoms with Crippen molar-refractivity contribution in [2.24, 2.45) is 0 Å². The van der Waals surface area contributed by atoms with Gasteiger partial charge in [0.15, 0.2) is 0 Å². The largest absolute Gasteiger partial charge is 0.378 e. The topological polar surface area (TPSA) is 71.5 Å². The van der Waals surface area contributed by atoms with Gasteiger partial charge in [-0.3, -0.25) is 9.69 Å². The number of nitrogens with zero attached hydrogens (tertiary/aromatic N) is 5. The summed E-state index contributed by atoms with van der Waals surface area (Å²) in [5.41, 5.74) is 1.36. The predicted molar refractivity (Wildman–Crippen MR) is 106 cm³/mol. The summed E-state index contributed by atoms with van der Waals surface area (Å²) in [6.07, 6.45) is 3.12. The zero-order valence-electron chi connectivity index (χ0n) is 15.4. The highest BCUT2D eigenvalue weighted by Gasteiger charge is 2.22. The van der Waals surface area contributed by atoms with Gasteiger partial charge in [0, 0.05) is 25.4 Å². The Bertz CT molecular complexity index is 914. The van der Waals surface area contributed by atoms with Crippen molar-refractivity contribution in [2.45, 2.75) is 6.54 Å². The number of carbonyl (C=O) groups excluding carboxylic acids is 1. The van der Waals surface area contributed by atoms with Gasteiger partial charge in [-0.25, -0.2) is 15.0 Å². The zero-order chi connectivity index (χ0) is 19.2. The molecule has 4 rings (SSSR count). The standard InChI is InChI=1S/C21H21N5O2/c27-21(18-14-20(24-16-23-18)25-10-12-28-13-11-25)26(19-8-4-5-9-22-19)15-17-6-2-1-3-7-17/h1-9,14,16H,10-13,15H2. The van der Waals surface area contributed by atoms with Crippen LogP contribution in [0.2, 0.25) is 0 Å². The molecule has 7 heteroatoms. The quantitative estimate of drug-likeness (QED) is 0.683. The van der Waals surface area contributed by atoms with E-state index >= 15 is 0 Å². The molecule has 0 bridgehead atoms. The average Bonchev–Trinajstić information content (AvgIpc) is 2.79. The number of hydrogen-bond donors (Lipinski definition) is 0. The van der Waals surface area contributed by atoms with Crippen LogP contribution in [-0.2, 0) is 11.3 Å². The zero-order valence-corrected chi connectivity index (χ0v) is 15.4. The fourth-order valence-corrected chi connectivity index (χ4v) is 3.10. The van der Waals surface area contributed by atoms with Gasteiger partial charge in [-0.2, -0.15) is 0 Å². The van der Waals surface area contributed by atoms with E-state index in [2.05, 4.69) is 19.9 Å². The number of morpholine rings is 1. The molecule has 3 aromatic rings. The van der Waals surface area contributed by atoms with Crippen LogP contribution >= 0.6 is 0 Å². The van der Waals surface area contributed by atoms with Crippen LogP contribution in [0.4, 0.5) is 11.6 Å². The molecule has 1 aromatic carbocycles. The van der Waals surface area contributed by atoms with Crippen molar-refractivity contribution in [2.75, 3.05) is 36.1 Å². The lowest BCUT2D eigenvalue weighted by molar-refractivity contribution is 0.0979. The minimum absolute atomic E-state index is 0.209. The number of carbonyl (C=O) groups is 1. The van der Waals surface area contributed by atoms with E-state index in [9.17, 15) is 4.79 Å². The lowest BCUT2D eigenvalue weighted by atomic mass is 10.2. The number of benzene rings is 1. The third-order valence-electron chi connectivity index (χ3n) is 4.56. The Morgan fingerprint density at radius 1 is 1.00 bits per heavy atom. The second-order valence-corrected chi connectivity index (χ2v) is 6.43. The van der Waals surface area contributed by atoms with E-state index < -0.39 is 0 Å². The van der Waals surface area contributed by atoms with Crippen molar-refractivity contribution in [3.63, 3.8) is 0 Å². The van der Waals surface area contributed by atoms with Gasteiger partial charge in [0.2, 0.25) is 0 Å². The normalized spacial score (nSPS) is 13.9. The molecule has 7 nitrogen and oxygen atoms in total. The minimum Gasteiger partial charge on any atom is -0.378 e. The van der Waals surface area contributed by atoms with Gasteiger partial charge in [0.25, 0.3) is 5.91 Å². The number of pyridine rings is 1. The Balaban J connectivity index is 1.63. The number of aromatic nitrogens is 3. The van der Waals surface area contributed by atoms with Crippen molar-refractivity contribution in [3.8, 4) is 0 Å². The molecule has 1 aliphatic rings. The third kappa shape index (κ3) is 4.15. The van der Waals surface area contributed by atoms with Crippen molar-refractivity contribution >= 4 is 17.5 Å². The van der Waals surface area contributed by atoms with Crippen LogP contribution in [0.5, 0.6) is 0 Å². The van der Waals surface area contributed by atoms with Crippen molar-refractivity contribution < 1.29 is 9.53 Å². The molecule has 28 heavy (non-hydrogen) atoms. The molecule has 1 aliphatic heterocycles. The summed E-state index contributed by atoms with van der Waals surface area (Å²) in [7, 11) is 0. The number of ether oxygens (including phenoxy) is 1. The average molecular weight is 375 g/mol. The maximum atomic E-state index is 13.3. The van der Waals surface area contributed by atoms with E-state index in [1.165, 1.54) is 6.33 Å². The van der Waals surface area contributed by atoms with E-state index in [0.29, 0.717) is 31.3 Å². The van der Waals surface area contributed by atoms with Crippen LogP contribution in [-0.4, -0.2) is 47.2 Å². The van der Waals surface area contributed by atoms with E-state index in [1.807, 2.05) is 48.5 Å². The van der Waals surface area contributed by atoms with Gasteiger partial charge < -0.3 is 9.64 Å². The predicted octanol–water partition coefficient (Wildman–Crippen LogP) is 2.56. The molecule has 142 valence electrons. The molecule has 0 radical (unpaired) electrons. The molecule has 2 aromatic heterocycles. The van der Waals surface area contributed by atoms with E-state index in [4.69, 9.17) is 4.74 Å². The number of amides is 1. The van der Waals surface area contributed by atoms with Crippen LogP contribution in [0, 0.1) is 0 Å². The lowest BCUT2D eigenvalue weighted by Crippen LogP contribution is -2.37. The first kappa shape index (κ1) is 18.1. The minimum atomic E-state index is -0.209. The van der Waals surface area contributed by atoms with Crippen molar-refractivity contribution in [3.05, 3.63) is 78.4 Å². The van der Waals surface area contributed by atoms with Gasteiger partial charge in [-0.05, 0) is 17.7 Å². The fraction of sp³-hybridized carbons (Fsp3) is 0.238. The highest BCUT2D eigenvalue weighted by Crippen LogP contribution is 2.19. The van der Waals surface area contributed by atoms with E-state index in [0.717, 1.165) is 24.5 Å². The Morgan fingerprint density at radius 2 is 1.79 bits per heavy atom. The molecular formula is C21H21N5O2. The van der Waals surface area contributed by atoms with Crippen LogP contribution in [0.15, 0.2) is 67.1 Å². The number of rotatable bonds is 5. The van der Waals surface area contributed by atoms with Gasteiger partial charge in [-0.1, -0.05) is 36.4 Å². The Kier molecular flexibility index (Phi) is 5.53. The first-order valence-electron chi connectivity index (χ1n) is 9.23. The lowest BCUT2D eigenvalue weighted by Gasteiger charge is -2.28. The highest BCUT2D eigenvalue weighted by molar-refractivity contribution is 6.04. The summed E-state index contributed by atoms with van der Waals surface area (Å²) in [6.45, 7) is 3.22. The van der Waals surface area contributed by atoms with Gasteiger partial charge in [0.05, 0.1) is 19.8 Å². The molecule has 0 aliphatic carbocycles. The Morgan fingerprint density at radius 3 is 2.54 bits per heavy atom. The summed E-state index contributed by atoms with van der Waals surface area (Å²) in [5, 5.41) is 0. The Hall–Kier alpha value is -3.32. The molecule has 0 N–H and O–H groups in total. The molecule has 0 unspecified atom stereocenters. The molecular weight excluding hydrogens is 354 g/mol. The number of hydrogen-bond acceptors (Lipinski definition) is 6. The van der Waals surface area contributed by atoms with Gasteiger partial charge in [0.1, 0.15) is 23.7 Å². The molecule has 0 spiro atoms. The Labute approximate surface area is 163 Å². The number of anilines is 2. The molecule has 0 atom stereocenters. The monoisotopic (exact) mass is 375 g/mol. The summed E-state index contributed by atoms with van der Waals surface area (Å²) in [6, 6.07) is 17.1. The van der Waals surface area contributed by atoms with Crippen molar-refractivity contribution in [1.29, 1.82) is 0 Å². The SMILES string of the molecule is O=C(c1cc(N2CCOCC2)ncn1)N(Cc1ccccc1)c1ccccn1. The molecule has 0 saturated carbocycles. The summed E-state index contributed by atoms with van der Waals surface area (Å²) >= 11 is 0. The molecule has 3 heterocycles. The molecule has 1 amide bonds. The molecule has 1 fully saturated rings. The van der Waals surface area contributed by atoms with Crippen LogP contribution in [0.3, 0.4) is 0 Å². The molecule has 1 saturated heterocycles.